The van der Waals surface area contributed by atoms with Crippen LogP contribution in [-0.2, 0) is 13.1 Å². The summed E-state index contributed by atoms with van der Waals surface area (Å²) in [5.74, 6) is -1.09. The first-order valence-corrected chi connectivity index (χ1v) is 8.12. The fourth-order valence-corrected chi connectivity index (χ4v) is 3.27. The molecule has 1 heterocycles. The number of thiazole rings is 1. The average molecular weight is 347 g/mol. The summed E-state index contributed by atoms with van der Waals surface area (Å²) in [4.78, 5) is 18.0. The summed E-state index contributed by atoms with van der Waals surface area (Å²) in [6.07, 6.45) is 0. The van der Waals surface area contributed by atoms with E-state index >= 15 is 0 Å². The molecule has 0 fully saturated rings. The monoisotopic (exact) mass is 347 g/mol. The second-order valence-electron chi connectivity index (χ2n) is 5.33. The van der Waals surface area contributed by atoms with E-state index in [-0.39, 0.29) is 18.1 Å². The second kappa shape index (κ2) is 6.92. The third-order valence-electron chi connectivity index (χ3n) is 3.50. The van der Waals surface area contributed by atoms with Gasteiger partial charge in [0.1, 0.15) is 16.6 Å². The number of nitrogens with one attached hydrogen (secondary N) is 1. The highest BCUT2D eigenvalue weighted by molar-refractivity contribution is 7.18. The first-order valence-electron chi connectivity index (χ1n) is 7.30. The first kappa shape index (κ1) is 16.3. The number of halogens is 2. The Morgan fingerprint density at radius 2 is 2.04 bits per heavy atom. The molecule has 2 aromatic carbocycles. The lowest BCUT2D eigenvalue weighted by molar-refractivity contribution is 0.206. The van der Waals surface area contributed by atoms with E-state index in [1.54, 1.807) is 7.05 Å². The van der Waals surface area contributed by atoms with Crippen LogP contribution in [0.2, 0.25) is 0 Å². The quantitative estimate of drug-likeness (QED) is 0.778. The molecule has 0 saturated carbocycles. The third-order valence-corrected chi connectivity index (χ3v) is 4.52. The Hall–Kier alpha value is -2.54. The number of fused-ring (bicyclic) bond motifs is 1. The van der Waals surface area contributed by atoms with Crippen LogP contribution in [0.25, 0.3) is 10.2 Å². The van der Waals surface area contributed by atoms with Crippen LogP contribution >= 0.6 is 11.3 Å². The van der Waals surface area contributed by atoms with Gasteiger partial charge in [-0.05, 0) is 30.3 Å². The number of aromatic nitrogens is 1. The van der Waals surface area contributed by atoms with Crippen LogP contribution in [0.3, 0.4) is 0 Å². The summed E-state index contributed by atoms with van der Waals surface area (Å²) in [5.41, 5.74) is 1.00. The van der Waals surface area contributed by atoms with E-state index in [4.69, 9.17) is 0 Å². The van der Waals surface area contributed by atoms with E-state index in [1.807, 2.05) is 24.3 Å². The minimum Gasteiger partial charge on any atom is -0.334 e. The minimum atomic E-state index is -0.550. The van der Waals surface area contributed by atoms with Crippen molar-refractivity contribution in [2.75, 3.05) is 7.05 Å². The Labute approximate surface area is 141 Å². The van der Waals surface area contributed by atoms with E-state index < -0.39 is 11.6 Å². The number of urea groups is 1. The van der Waals surface area contributed by atoms with Crippen LogP contribution < -0.4 is 5.32 Å². The summed E-state index contributed by atoms with van der Waals surface area (Å²) < 4.78 is 27.7. The number of nitrogens with zero attached hydrogens (tertiary/aromatic N) is 2. The van der Waals surface area contributed by atoms with Gasteiger partial charge < -0.3 is 10.2 Å². The third kappa shape index (κ3) is 3.68. The van der Waals surface area contributed by atoms with Crippen molar-refractivity contribution in [1.29, 1.82) is 0 Å². The largest absolute Gasteiger partial charge is 0.334 e. The molecular formula is C17H15F2N3OS. The number of rotatable bonds is 4. The standard InChI is InChI=1S/C17H15F2N3OS/c1-22(10-16-21-14-4-2-3-5-15(14)24-16)17(23)20-9-11-8-12(18)6-7-13(11)19/h2-8H,9-10H2,1H3,(H,20,23). The predicted octanol–water partition coefficient (Wildman–Crippen LogP) is 3.92. The molecular weight excluding hydrogens is 332 g/mol. The Morgan fingerprint density at radius 1 is 1.25 bits per heavy atom. The Balaban J connectivity index is 1.61. The van der Waals surface area contributed by atoms with Crippen LogP contribution in [0.4, 0.5) is 13.6 Å². The molecule has 0 radical (unpaired) electrons. The van der Waals surface area contributed by atoms with Gasteiger partial charge in [-0.3, -0.25) is 0 Å². The molecule has 0 unspecified atom stereocenters. The van der Waals surface area contributed by atoms with E-state index in [1.165, 1.54) is 16.2 Å². The molecule has 4 nitrogen and oxygen atoms in total. The fraction of sp³-hybridized carbons (Fsp3) is 0.176. The van der Waals surface area contributed by atoms with Gasteiger partial charge in [0.25, 0.3) is 0 Å². The number of carbonyl (C=O) groups excluding carboxylic acids is 1. The Kier molecular flexibility index (Phi) is 4.71. The van der Waals surface area contributed by atoms with Crippen LogP contribution in [0.1, 0.15) is 10.6 Å². The molecule has 1 aromatic heterocycles. The smallest absolute Gasteiger partial charge is 0.317 e. The van der Waals surface area contributed by atoms with E-state index in [2.05, 4.69) is 10.3 Å². The van der Waals surface area contributed by atoms with Crippen molar-refractivity contribution in [2.45, 2.75) is 13.1 Å². The van der Waals surface area contributed by atoms with Gasteiger partial charge in [-0.2, -0.15) is 0 Å². The molecule has 24 heavy (non-hydrogen) atoms. The zero-order valence-corrected chi connectivity index (χ0v) is 13.7. The molecule has 3 rings (SSSR count). The SMILES string of the molecule is CN(Cc1nc2ccccc2s1)C(=O)NCc1cc(F)ccc1F. The number of benzene rings is 2. The molecule has 0 spiro atoms. The van der Waals surface area contributed by atoms with Crippen molar-refractivity contribution in [1.82, 2.24) is 15.2 Å². The number of hydrogen-bond donors (Lipinski definition) is 1. The van der Waals surface area contributed by atoms with E-state index in [0.29, 0.717) is 6.54 Å². The van der Waals surface area contributed by atoms with Gasteiger partial charge in [-0.25, -0.2) is 18.6 Å². The van der Waals surface area contributed by atoms with Crippen molar-refractivity contribution in [3.63, 3.8) is 0 Å². The van der Waals surface area contributed by atoms with Crippen LogP contribution in [-0.4, -0.2) is 23.0 Å². The van der Waals surface area contributed by atoms with Gasteiger partial charge in [0.05, 0.1) is 16.8 Å². The van der Waals surface area contributed by atoms with Gasteiger partial charge in [-0.1, -0.05) is 12.1 Å². The van der Waals surface area contributed by atoms with Crippen molar-refractivity contribution >= 4 is 27.6 Å². The summed E-state index contributed by atoms with van der Waals surface area (Å²) in [7, 11) is 1.63. The zero-order chi connectivity index (χ0) is 17.1. The number of carbonyl (C=O) groups is 1. The molecule has 0 bridgehead atoms. The predicted molar refractivity (Wildman–Crippen MR) is 89.7 cm³/mol. The highest BCUT2D eigenvalue weighted by atomic mass is 32.1. The van der Waals surface area contributed by atoms with Crippen molar-refractivity contribution in [3.8, 4) is 0 Å². The molecule has 0 atom stereocenters. The topological polar surface area (TPSA) is 45.2 Å². The van der Waals surface area contributed by atoms with E-state index in [0.717, 1.165) is 33.4 Å². The zero-order valence-electron chi connectivity index (χ0n) is 12.9. The Morgan fingerprint density at radius 3 is 2.83 bits per heavy atom. The maximum Gasteiger partial charge on any atom is 0.317 e. The molecule has 0 aliphatic heterocycles. The normalized spacial score (nSPS) is 10.8. The van der Waals surface area contributed by atoms with Crippen LogP contribution in [0.15, 0.2) is 42.5 Å². The van der Waals surface area contributed by atoms with Gasteiger partial charge >= 0.3 is 6.03 Å². The van der Waals surface area contributed by atoms with Crippen molar-refractivity contribution in [2.24, 2.45) is 0 Å². The second-order valence-corrected chi connectivity index (χ2v) is 6.44. The van der Waals surface area contributed by atoms with Gasteiger partial charge in [-0.15, -0.1) is 11.3 Å². The molecule has 0 aliphatic rings. The highest BCUT2D eigenvalue weighted by Gasteiger charge is 2.13. The van der Waals surface area contributed by atoms with Crippen LogP contribution in [0.5, 0.6) is 0 Å². The average Bonchev–Trinajstić information content (AvgIpc) is 2.97. The van der Waals surface area contributed by atoms with Gasteiger partial charge in [0, 0.05) is 19.2 Å². The van der Waals surface area contributed by atoms with Crippen molar-refractivity contribution < 1.29 is 13.6 Å². The maximum atomic E-state index is 13.5. The molecule has 124 valence electrons. The molecule has 1 N–H and O–H groups in total. The van der Waals surface area contributed by atoms with E-state index in [9.17, 15) is 13.6 Å². The number of para-hydroxylation sites is 1. The lowest BCUT2D eigenvalue weighted by Gasteiger charge is -2.16. The van der Waals surface area contributed by atoms with Gasteiger partial charge in [0.2, 0.25) is 0 Å². The summed E-state index contributed by atoms with van der Waals surface area (Å²) >= 11 is 1.52. The molecule has 0 saturated heterocycles. The summed E-state index contributed by atoms with van der Waals surface area (Å²) in [6, 6.07) is 10.5. The molecule has 7 heteroatoms. The molecule has 0 aliphatic carbocycles. The lowest BCUT2D eigenvalue weighted by Crippen LogP contribution is -2.36. The number of hydrogen-bond acceptors (Lipinski definition) is 3. The highest BCUT2D eigenvalue weighted by Crippen LogP contribution is 2.22. The minimum absolute atomic E-state index is 0.0768. The maximum absolute atomic E-state index is 13.5. The van der Waals surface area contributed by atoms with Gasteiger partial charge in [0.15, 0.2) is 0 Å². The molecule has 3 aromatic rings. The van der Waals surface area contributed by atoms with Crippen LogP contribution in [0, 0.1) is 11.6 Å². The van der Waals surface area contributed by atoms with Crippen molar-refractivity contribution in [3.05, 3.63) is 64.7 Å². The summed E-state index contributed by atoms with van der Waals surface area (Å²) in [5, 5.41) is 3.39. The lowest BCUT2D eigenvalue weighted by atomic mass is 10.2. The molecule has 2 amide bonds. The number of amides is 2. The fourth-order valence-electron chi connectivity index (χ4n) is 2.25. The summed E-state index contributed by atoms with van der Waals surface area (Å²) in [6.45, 7) is 0.267. The Bertz CT molecular complexity index is 848. The first-order chi connectivity index (χ1) is 11.5.